The van der Waals surface area contributed by atoms with Crippen LogP contribution >= 0.6 is 0 Å². The predicted molar refractivity (Wildman–Crippen MR) is 114 cm³/mol. The molecule has 2 N–H and O–H groups in total. The third kappa shape index (κ3) is 7.56. The number of aliphatic imine (C=N–C) groups is 2. The van der Waals surface area contributed by atoms with Crippen molar-refractivity contribution in [1.29, 1.82) is 0 Å². The minimum absolute atomic E-state index is 0.00169. The second kappa shape index (κ2) is 9.78. The van der Waals surface area contributed by atoms with Crippen LogP contribution in [0.2, 0.25) is 0 Å². The van der Waals surface area contributed by atoms with Gasteiger partial charge in [-0.15, -0.1) is 0 Å². The molecule has 1 aromatic carbocycles. The topological polar surface area (TPSA) is 82.8 Å². The molecule has 10 heteroatoms. The fourth-order valence-electron chi connectivity index (χ4n) is 2.45. The van der Waals surface area contributed by atoms with Gasteiger partial charge in [-0.2, -0.15) is 13.2 Å². The van der Waals surface area contributed by atoms with Gasteiger partial charge in [0.05, 0.1) is 23.3 Å². The van der Waals surface area contributed by atoms with E-state index in [1.54, 1.807) is 19.9 Å². The van der Waals surface area contributed by atoms with E-state index in [9.17, 15) is 22.7 Å². The van der Waals surface area contributed by atoms with Gasteiger partial charge in [-0.25, -0.2) is 19.4 Å². The van der Waals surface area contributed by atoms with Crippen LogP contribution in [0.25, 0.3) is 11.4 Å². The first-order valence-corrected chi connectivity index (χ1v) is 9.25. The summed E-state index contributed by atoms with van der Waals surface area (Å²) in [6.07, 6.45) is -3.73. The van der Waals surface area contributed by atoms with E-state index in [1.807, 2.05) is 0 Å². The Bertz CT molecular complexity index is 994. The van der Waals surface area contributed by atoms with Crippen LogP contribution in [0.5, 0.6) is 0 Å². The van der Waals surface area contributed by atoms with Gasteiger partial charge in [0.25, 0.3) is 0 Å². The maximum atomic E-state index is 14.2. The molecule has 0 aliphatic heterocycles. The molecule has 0 saturated carbocycles. The molecule has 6 nitrogen and oxygen atoms in total. The van der Waals surface area contributed by atoms with E-state index < -0.39 is 29.7 Å². The number of nitrogens with one attached hydrogen (secondary N) is 1. The number of allylic oxidation sites excluding steroid dienone is 1. The molecule has 0 aliphatic carbocycles. The third-order valence-electron chi connectivity index (χ3n) is 3.85. The van der Waals surface area contributed by atoms with Gasteiger partial charge in [0.1, 0.15) is 11.6 Å². The highest BCUT2D eigenvalue weighted by molar-refractivity contribution is 5.95. The first-order chi connectivity index (χ1) is 14.4. The number of rotatable bonds is 8. The Morgan fingerprint density at radius 2 is 1.90 bits per heavy atom. The molecule has 0 radical (unpaired) electrons. The smallest absolute Gasteiger partial charge is 0.389 e. The van der Waals surface area contributed by atoms with Crippen LogP contribution in [0.3, 0.4) is 0 Å². The Hall–Kier alpha value is -3.14. The van der Waals surface area contributed by atoms with Gasteiger partial charge in [-0.05, 0) is 45.7 Å². The lowest BCUT2D eigenvalue weighted by atomic mass is 10.1. The predicted octanol–water partition coefficient (Wildman–Crippen LogP) is 4.75. The molecule has 31 heavy (non-hydrogen) atoms. The van der Waals surface area contributed by atoms with E-state index in [0.717, 1.165) is 6.08 Å². The summed E-state index contributed by atoms with van der Waals surface area (Å²) in [5.41, 5.74) is -1.86. The first kappa shape index (κ1) is 24.1. The Kier molecular flexibility index (Phi) is 7.61. The summed E-state index contributed by atoms with van der Waals surface area (Å²) in [4.78, 5) is 15.8. The molecule has 1 aromatic heterocycles. The van der Waals surface area contributed by atoms with Crippen molar-refractivity contribution in [2.24, 2.45) is 9.98 Å². The van der Waals surface area contributed by atoms with Gasteiger partial charge >= 0.3 is 6.18 Å². The number of alkyl halides is 3. The van der Waals surface area contributed by atoms with E-state index in [4.69, 9.17) is 0 Å². The number of anilines is 1. The van der Waals surface area contributed by atoms with Crippen molar-refractivity contribution in [2.75, 3.05) is 18.4 Å². The average Bonchev–Trinajstić information content (AvgIpc) is 2.65. The van der Waals surface area contributed by atoms with Crippen molar-refractivity contribution >= 4 is 24.1 Å². The summed E-state index contributed by atoms with van der Waals surface area (Å²) >= 11 is 0. The maximum absolute atomic E-state index is 14.2. The lowest BCUT2D eigenvalue weighted by molar-refractivity contribution is -0.0920. The summed E-state index contributed by atoms with van der Waals surface area (Å²) in [5, 5.41) is 12.8. The monoisotopic (exact) mass is 437 g/mol. The molecule has 0 atom stereocenters. The SMILES string of the molecule is C=NC/C(=C\C(C)=Nc1cc(NCC(C)(C)O)nc(-c2ccccc2F)n1)C(F)(F)F. The van der Waals surface area contributed by atoms with Crippen LogP contribution in [0, 0.1) is 5.82 Å². The van der Waals surface area contributed by atoms with Crippen molar-refractivity contribution in [3.8, 4) is 11.4 Å². The molecule has 0 amide bonds. The standard InChI is InChI=1S/C21H23F4N5O/c1-13(9-14(11-26-4)21(23,24)25)28-18-10-17(27-12-20(2,3)31)29-19(30-18)15-7-5-6-8-16(15)22/h5-10,31H,4,11-12H2,1-3H3,(H,27,29,30)/b14-9+,28-13?. The Balaban J connectivity index is 2.52. The zero-order chi connectivity index (χ0) is 23.2. The third-order valence-corrected chi connectivity index (χ3v) is 3.85. The van der Waals surface area contributed by atoms with Gasteiger partial charge in [-0.1, -0.05) is 12.1 Å². The van der Waals surface area contributed by atoms with Crippen molar-refractivity contribution in [3.05, 3.63) is 47.8 Å². The molecule has 1 heterocycles. The summed E-state index contributed by atoms with van der Waals surface area (Å²) in [6.45, 7) is 7.14. The summed E-state index contributed by atoms with van der Waals surface area (Å²) in [6, 6.07) is 7.22. The van der Waals surface area contributed by atoms with Crippen molar-refractivity contribution in [2.45, 2.75) is 32.5 Å². The zero-order valence-electron chi connectivity index (χ0n) is 17.3. The van der Waals surface area contributed by atoms with E-state index in [1.165, 1.54) is 31.2 Å². The van der Waals surface area contributed by atoms with Gasteiger partial charge in [0, 0.05) is 18.3 Å². The van der Waals surface area contributed by atoms with Crippen LogP contribution in [0.4, 0.5) is 29.2 Å². The fourth-order valence-corrected chi connectivity index (χ4v) is 2.45. The largest absolute Gasteiger partial charge is 0.414 e. The summed E-state index contributed by atoms with van der Waals surface area (Å²) < 4.78 is 53.5. The van der Waals surface area contributed by atoms with Crippen LogP contribution in [-0.4, -0.2) is 52.4 Å². The minimum Gasteiger partial charge on any atom is -0.389 e. The molecular formula is C21H23F4N5O. The van der Waals surface area contributed by atoms with Crippen molar-refractivity contribution in [3.63, 3.8) is 0 Å². The van der Waals surface area contributed by atoms with Gasteiger partial charge in [-0.3, -0.25) is 4.99 Å². The van der Waals surface area contributed by atoms with Crippen molar-refractivity contribution < 1.29 is 22.7 Å². The zero-order valence-corrected chi connectivity index (χ0v) is 17.3. The number of aromatic nitrogens is 2. The van der Waals surface area contributed by atoms with E-state index >= 15 is 0 Å². The van der Waals surface area contributed by atoms with E-state index in [2.05, 4.69) is 32.0 Å². The average molecular weight is 437 g/mol. The van der Waals surface area contributed by atoms with Crippen LogP contribution in [-0.2, 0) is 0 Å². The number of aliphatic hydroxyl groups is 1. The number of nitrogens with zero attached hydrogens (tertiary/aromatic N) is 4. The minimum atomic E-state index is -4.58. The van der Waals surface area contributed by atoms with Crippen LogP contribution in [0.15, 0.2) is 52.0 Å². The quantitative estimate of drug-likeness (QED) is 0.461. The Morgan fingerprint density at radius 1 is 1.23 bits per heavy atom. The lowest BCUT2D eigenvalue weighted by Gasteiger charge is -2.18. The lowest BCUT2D eigenvalue weighted by Crippen LogP contribution is -2.29. The molecule has 0 bridgehead atoms. The Labute approximate surface area is 177 Å². The number of benzene rings is 1. The second-order valence-corrected chi connectivity index (χ2v) is 7.38. The molecule has 0 spiro atoms. The van der Waals surface area contributed by atoms with Crippen LogP contribution in [0.1, 0.15) is 20.8 Å². The Morgan fingerprint density at radius 3 is 2.48 bits per heavy atom. The molecule has 2 rings (SSSR count). The first-order valence-electron chi connectivity index (χ1n) is 9.25. The van der Waals surface area contributed by atoms with Crippen LogP contribution < -0.4 is 5.32 Å². The highest BCUT2D eigenvalue weighted by Crippen LogP contribution is 2.27. The second-order valence-electron chi connectivity index (χ2n) is 7.38. The van der Waals surface area contributed by atoms with Gasteiger partial charge < -0.3 is 10.4 Å². The molecule has 0 unspecified atom stereocenters. The number of hydrogen-bond acceptors (Lipinski definition) is 6. The summed E-state index contributed by atoms with van der Waals surface area (Å²) in [5.74, 6) is -0.314. The highest BCUT2D eigenvalue weighted by Gasteiger charge is 2.33. The summed E-state index contributed by atoms with van der Waals surface area (Å²) in [7, 11) is 0. The molecule has 0 aliphatic rings. The molecule has 0 fully saturated rings. The molecule has 0 saturated heterocycles. The normalized spacial score (nSPS) is 13.3. The fraction of sp³-hybridized carbons (Fsp3) is 0.333. The van der Waals surface area contributed by atoms with Gasteiger partial charge in [0.15, 0.2) is 11.6 Å². The van der Waals surface area contributed by atoms with E-state index in [0.29, 0.717) is 0 Å². The van der Waals surface area contributed by atoms with Gasteiger partial charge in [0.2, 0.25) is 0 Å². The molecular weight excluding hydrogens is 414 g/mol. The maximum Gasteiger partial charge on any atom is 0.414 e. The number of hydrogen-bond donors (Lipinski definition) is 2. The molecule has 2 aromatic rings. The van der Waals surface area contributed by atoms with Crippen molar-refractivity contribution in [1.82, 2.24) is 9.97 Å². The molecule has 166 valence electrons. The number of halogens is 4. The van der Waals surface area contributed by atoms with E-state index in [-0.39, 0.29) is 35.3 Å². The highest BCUT2D eigenvalue weighted by atomic mass is 19.4.